The lowest BCUT2D eigenvalue weighted by Gasteiger charge is -2.34. The number of hydrogen-bond donors (Lipinski definition) is 0. The molecular formula is C18H26N4OS. The van der Waals surface area contributed by atoms with E-state index in [1.807, 2.05) is 23.7 Å². The molecule has 2 fully saturated rings. The van der Waals surface area contributed by atoms with E-state index in [4.69, 9.17) is 4.74 Å². The highest BCUT2D eigenvalue weighted by Gasteiger charge is 2.21. The molecule has 1 unspecified atom stereocenters. The van der Waals surface area contributed by atoms with Gasteiger partial charge >= 0.3 is 0 Å². The number of piperazine rings is 1. The van der Waals surface area contributed by atoms with E-state index in [0.717, 1.165) is 51.7 Å². The van der Waals surface area contributed by atoms with Gasteiger partial charge < -0.3 is 9.30 Å². The molecular weight excluding hydrogens is 320 g/mol. The lowest BCUT2D eigenvalue weighted by Crippen LogP contribution is -2.45. The van der Waals surface area contributed by atoms with Crippen molar-refractivity contribution in [3.63, 3.8) is 0 Å². The maximum atomic E-state index is 5.80. The summed E-state index contributed by atoms with van der Waals surface area (Å²) in [5.74, 6) is 1.16. The first-order valence-electron chi connectivity index (χ1n) is 8.89. The van der Waals surface area contributed by atoms with E-state index in [2.05, 4.69) is 38.5 Å². The molecule has 6 heteroatoms. The number of aryl methyl sites for hydroxylation is 1. The van der Waals surface area contributed by atoms with Crippen LogP contribution in [0.25, 0.3) is 0 Å². The van der Waals surface area contributed by atoms with Crippen LogP contribution in [0.4, 0.5) is 0 Å². The van der Waals surface area contributed by atoms with Crippen LogP contribution in [0.15, 0.2) is 24.5 Å². The van der Waals surface area contributed by atoms with Crippen LogP contribution in [-0.2, 0) is 24.9 Å². The molecule has 2 aromatic heterocycles. The molecule has 2 aliphatic rings. The Kier molecular flexibility index (Phi) is 4.98. The Bertz CT molecular complexity index is 654. The standard InChI is InChI=1S/C18H26N4OS/c1-20-7-6-19-18(20)14-22-10-8-21(9-11-22)13-15-4-5-17(24-15)16-3-2-12-23-16/h4-7,16H,2-3,8-14H2,1H3. The van der Waals surface area contributed by atoms with Crippen molar-refractivity contribution in [2.45, 2.75) is 32.0 Å². The summed E-state index contributed by atoms with van der Waals surface area (Å²) in [6, 6.07) is 4.56. The Hall–Kier alpha value is -1.21. The molecule has 0 aliphatic carbocycles. The van der Waals surface area contributed by atoms with Gasteiger partial charge in [-0.2, -0.15) is 0 Å². The summed E-state index contributed by atoms with van der Waals surface area (Å²) in [4.78, 5) is 12.4. The van der Waals surface area contributed by atoms with Gasteiger partial charge in [0.05, 0.1) is 12.6 Å². The minimum atomic E-state index is 0.360. The molecule has 24 heavy (non-hydrogen) atoms. The fraction of sp³-hybridized carbons (Fsp3) is 0.611. The molecule has 0 radical (unpaired) electrons. The van der Waals surface area contributed by atoms with Crippen molar-refractivity contribution < 1.29 is 4.74 Å². The monoisotopic (exact) mass is 346 g/mol. The van der Waals surface area contributed by atoms with E-state index in [1.54, 1.807) is 0 Å². The van der Waals surface area contributed by atoms with Crippen molar-refractivity contribution in [1.29, 1.82) is 0 Å². The fourth-order valence-electron chi connectivity index (χ4n) is 3.53. The van der Waals surface area contributed by atoms with Gasteiger partial charge in [-0.15, -0.1) is 11.3 Å². The summed E-state index contributed by atoms with van der Waals surface area (Å²) in [6.07, 6.45) is 6.65. The molecule has 130 valence electrons. The van der Waals surface area contributed by atoms with Gasteiger partial charge in [0.1, 0.15) is 5.82 Å². The molecule has 0 aromatic carbocycles. The molecule has 0 N–H and O–H groups in total. The molecule has 5 nitrogen and oxygen atoms in total. The maximum absolute atomic E-state index is 5.80. The average molecular weight is 347 g/mol. The van der Waals surface area contributed by atoms with Crippen molar-refractivity contribution in [2.24, 2.45) is 7.05 Å². The van der Waals surface area contributed by atoms with Crippen molar-refractivity contribution in [3.8, 4) is 0 Å². The highest BCUT2D eigenvalue weighted by atomic mass is 32.1. The number of ether oxygens (including phenoxy) is 1. The highest BCUT2D eigenvalue weighted by molar-refractivity contribution is 7.12. The summed E-state index contributed by atoms with van der Waals surface area (Å²) < 4.78 is 7.91. The van der Waals surface area contributed by atoms with Gasteiger partial charge in [-0.25, -0.2) is 4.98 Å². The van der Waals surface area contributed by atoms with Crippen LogP contribution >= 0.6 is 11.3 Å². The van der Waals surface area contributed by atoms with Crippen LogP contribution in [0.2, 0.25) is 0 Å². The normalized spacial score (nSPS) is 23.1. The number of aromatic nitrogens is 2. The number of nitrogens with zero attached hydrogens (tertiary/aromatic N) is 4. The molecule has 4 rings (SSSR count). The Morgan fingerprint density at radius 1 is 1.17 bits per heavy atom. The second-order valence-electron chi connectivity index (χ2n) is 6.81. The molecule has 0 spiro atoms. The Balaban J connectivity index is 1.26. The van der Waals surface area contributed by atoms with E-state index in [9.17, 15) is 0 Å². The zero-order chi connectivity index (χ0) is 16.4. The quantitative estimate of drug-likeness (QED) is 0.833. The van der Waals surface area contributed by atoms with Crippen molar-refractivity contribution in [2.75, 3.05) is 32.8 Å². The molecule has 2 saturated heterocycles. The Labute approximate surface area is 147 Å². The summed E-state index contributed by atoms with van der Waals surface area (Å²) in [5, 5.41) is 0. The van der Waals surface area contributed by atoms with Crippen LogP contribution in [0.3, 0.4) is 0 Å². The van der Waals surface area contributed by atoms with Gasteiger partial charge in [0, 0.05) is 68.5 Å². The fourth-order valence-corrected chi connectivity index (χ4v) is 4.67. The highest BCUT2D eigenvalue weighted by Crippen LogP contribution is 2.33. The van der Waals surface area contributed by atoms with Crippen molar-refractivity contribution in [3.05, 3.63) is 40.1 Å². The van der Waals surface area contributed by atoms with Crippen LogP contribution in [0.1, 0.15) is 34.5 Å². The van der Waals surface area contributed by atoms with Gasteiger partial charge in [0.15, 0.2) is 0 Å². The lowest BCUT2D eigenvalue weighted by atomic mass is 10.2. The topological polar surface area (TPSA) is 33.5 Å². The second kappa shape index (κ2) is 7.35. The smallest absolute Gasteiger partial charge is 0.122 e. The van der Waals surface area contributed by atoms with E-state index in [1.165, 1.54) is 22.6 Å². The molecule has 0 amide bonds. The number of imidazole rings is 1. The largest absolute Gasteiger partial charge is 0.373 e. The lowest BCUT2D eigenvalue weighted by molar-refractivity contribution is 0.114. The number of hydrogen-bond acceptors (Lipinski definition) is 5. The summed E-state index contributed by atoms with van der Waals surface area (Å²) in [7, 11) is 2.07. The van der Waals surface area contributed by atoms with E-state index < -0.39 is 0 Å². The minimum Gasteiger partial charge on any atom is -0.373 e. The Morgan fingerprint density at radius 3 is 2.62 bits per heavy atom. The third-order valence-electron chi connectivity index (χ3n) is 5.06. The molecule has 0 saturated carbocycles. The summed E-state index contributed by atoms with van der Waals surface area (Å²) >= 11 is 1.94. The average Bonchev–Trinajstić information content (AvgIpc) is 3.32. The van der Waals surface area contributed by atoms with Gasteiger partial charge in [0.25, 0.3) is 0 Å². The van der Waals surface area contributed by atoms with Gasteiger partial charge in [-0.3, -0.25) is 9.80 Å². The molecule has 2 aromatic rings. The summed E-state index contributed by atoms with van der Waals surface area (Å²) in [5.41, 5.74) is 0. The third kappa shape index (κ3) is 3.72. The first-order chi connectivity index (χ1) is 11.8. The van der Waals surface area contributed by atoms with E-state index in [-0.39, 0.29) is 0 Å². The molecule has 4 heterocycles. The maximum Gasteiger partial charge on any atom is 0.122 e. The second-order valence-corrected chi connectivity index (χ2v) is 8.01. The van der Waals surface area contributed by atoms with Gasteiger partial charge in [0.2, 0.25) is 0 Å². The zero-order valence-electron chi connectivity index (χ0n) is 14.4. The zero-order valence-corrected chi connectivity index (χ0v) is 15.2. The van der Waals surface area contributed by atoms with E-state index >= 15 is 0 Å². The van der Waals surface area contributed by atoms with E-state index in [0.29, 0.717) is 6.10 Å². The number of rotatable bonds is 5. The van der Waals surface area contributed by atoms with Crippen LogP contribution in [0, 0.1) is 0 Å². The molecule has 2 aliphatic heterocycles. The summed E-state index contributed by atoms with van der Waals surface area (Å²) in [6.45, 7) is 7.48. The first-order valence-corrected chi connectivity index (χ1v) is 9.71. The van der Waals surface area contributed by atoms with Crippen molar-refractivity contribution in [1.82, 2.24) is 19.4 Å². The van der Waals surface area contributed by atoms with Crippen LogP contribution in [0.5, 0.6) is 0 Å². The predicted octanol–water partition coefficient (Wildman–Crippen LogP) is 2.65. The SMILES string of the molecule is Cn1ccnc1CN1CCN(Cc2ccc(C3CCCO3)s2)CC1. The Morgan fingerprint density at radius 2 is 1.96 bits per heavy atom. The van der Waals surface area contributed by atoms with Crippen LogP contribution in [-0.4, -0.2) is 52.1 Å². The minimum absolute atomic E-state index is 0.360. The predicted molar refractivity (Wildman–Crippen MR) is 96.0 cm³/mol. The first kappa shape index (κ1) is 16.3. The number of thiophene rings is 1. The van der Waals surface area contributed by atoms with Gasteiger partial charge in [-0.1, -0.05) is 0 Å². The van der Waals surface area contributed by atoms with Crippen molar-refractivity contribution >= 4 is 11.3 Å². The van der Waals surface area contributed by atoms with Gasteiger partial charge in [-0.05, 0) is 25.0 Å². The van der Waals surface area contributed by atoms with Crippen LogP contribution < -0.4 is 0 Å². The molecule has 0 bridgehead atoms. The molecule has 1 atom stereocenters. The third-order valence-corrected chi connectivity index (χ3v) is 6.22.